The third kappa shape index (κ3) is 3.19. The summed E-state index contributed by atoms with van der Waals surface area (Å²) in [7, 11) is 0. The summed E-state index contributed by atoms with van der Waals surface area (Å²) in [6.07, 6.45) is 0. The summed E-state index contributed by atoms with van der Waals surface area (Å²) in [4.78, 5) is 4.36. The van der Waals surface area contributed by atoms with Gasteiger partial charge in [-0.3, -0.25) is 4.99 Å². The minimum absolute atomic E-state index is 0.190. The van der Waals surface area contributed by atoms with Gasteiger partial charge in [0.25, 0.3) is 0 Å². The molecule has 4 heteroatoms. The molecule has 2 aromatic rings. The number of benzene rings is 2. The molecule has 0 spiro atoms. The standard InChI is InChI=1S/C15H14N2O2/c1-11(16-13-7-9-14(18)10-8-13)15(17-19)12-5-3-2-4-6-12/h2-10,18-19H,1H3. The van der Waals surface area contributed by atoms with Crippen LogP contribution in [0.3, 0.4) is 0 Å². The van der Waals surface area contributed by atoms with Crippen LogP contribution < -0.4 is 0 Å². The Morgan fingerprint density at radius 1 is 0.947 bits per heavy atom. The number of aliphatic imine (C=N–C) groups is 1. The molecule has 19 heavy (non-hydrogen) atoms. The number of phenolic OH excluding ortho intramolecular Hbond substituents is 1. The monoisotopic (exact) mass is 254 g/mol. The second kappa shape index (κ2) is 5.82. The number of phenols is 1. The van der Waals surface area contributed by atoms with Crippen LogP contribution in [0.25, 0.3) is 0 Å². The third-order valence-electron chi connectivity index (χ3n) is 2.64. The van der Waals surface area contributed by atoms with E-state index in [4.69, 9.17) is 5.21 Å². The molecule has 0 saturated heterocycles. The van der Waals surface area contributed by atoms with E-state index in [9.17, 15) is 5.11 Å². The Bertz CT molecular complexity index is 602. The van der Waals surface area contributed by atoms with Gasteiger partial charge in [0.2, 0.25) is 0 Å². The molecule has 0 aliphatic carbocycles. The van der Waals surface area contributed by atoms with Crippen molar-refractivity contribution in [1.82, 2.24) is 0 Å². The Morgan fingerprint density at radius 2 is 1.58 bits per heavy atom. The molecule has 0 saturated carbocycles. The lowest BCUT2D eigenvalue weighted by Gasteiger charge is -2.04. The van der Waals surface area contributed by atoms with Crippen LogP contribution in [-0.2, 0) is 0 Å². The van der Waals surface area contributed by atoms with Crippen LogP contribution in [0.1, 0.15) is 12.5 Å². The van der Waals surface area contributed by atoms with E-state index in [1.807, 2.05) is 30.3 Å². The average molecular weight is 254 g/mol. The highest BCUT2D eigenvalue weighted by molar-refractivity contribution is 6.47. The van der Waals surface area contributed by atoms with E-state index in [1.165, 1.54) is 0 Å². The highest BCUT2D eigenvalue weighted by Crippen LogP contribution is 2.17. The molecule has 0 radical (unpaired) electrons. The Morgan fingerprint density at radius 3 is 2.16 bits per heavy atom. The van der Waals surface area contributed by atoms with Gasteiger partial charge in [-0.15, -0.1) is 0 Å². The maximum atomic E-state index is 9.21. The Balaban J connectivity index is 2.32. The quantitative estimate of drug-likeness (QED) is 0.501. The first-order valence-electron chi connectivity index (χ1n) is 5.83. The highest BCUT2D eigenvalue weighted by Gasteiger charge is 2.07. The zero-order chi connectivity index (χ0) is 13.7. The average Bonchev–Trinajstić information content (AvgIpc) is 2.43. The molecule has 4 nitrogen and oxygen atoms in total. The number of hydrogen-bond donors (Lipinski definition) is 2. The molecule has 96 valence electrons. The third-order valence-corrected chi connectivity index (χ3v) is 2.64. The van der Waals surface area contributed by atoms with E-state index in [2.05, 4.69) is 10.1 Å². The van der Waals surface area contributed by atoms with Crippen LogP contribution in [0.2, 0.25) is 0 Å². The van der Waals surface area contributed by atoms with E-state index in [0.717, 1.165) is 5.56 Å². The van der Waals surface area contributed by atoms with Gasteiger partial charge in [-0.1, -0.05) is 35.5 Å². The van der Waals surface area contributed by atoms with Gasteiger partial charge in [0.1, 0.15) is 11.5 Å². The molecule has 0 unspecified atom stereocenters. The lowest BCUT2D eigenvalue weighted by atomic mass is 10.1. The van der Waals surface area contributed by atoms with Crippen LogP contribution in [0.4, 0.5) is 5.69 Å². The molecule has 0 aliphatic heterocycles. The van der Waals surface area contributed by atoms with Crippen LogP contribution in [0, 0.1) is 0 Å². The SMILES string of the molecule is CC(=Nc1ccc(O)cc1)C(=NO)c1ccccc1. The number of rotatable bonds is 3. The number of oxime groups is 1. The van der Waals surface area contributed by atoms with Crippen molar-refractivity contribution >= 4 is 17.1 Å². The first kappa shape index (κ1) is 12.8. The molecule has 0 atom stereocenters. The molecule has 0 bridgehead atoms. The van der Waals surface area contributed by atoms with Gasteiger partial charge < -0.3 is 10.3 Å². The first-order valence-corrected chi connectivity index (χ1v) is 5.83. The summed E-state index contributed by atoms with van der Waals surface area (Å²) in [6, 6.07) is 15.8. The number of nitrogens with zero attached hydrogens (tertiary/aromatic N) is 2. The molecule has 2 N–H and O–H groups in total. The fraction of sp³-hybridized carbons (Fsp3) is 0.0667. The predicted octanol–water partition coefficient (Wildman–Crippen LogP) is 3.36. The molecular weight excluding hydrogens is 240 g/mol. The largest absolute Gasteiger partial charge is 0.508 e. The van der Waals surface area contributed by atoms with E-state index in [-0.39, 0.29) is 5.75 Å². The molecule has 0 fully saturated rings. The van der Waals surface area contributed by atoms with Gasteiger partial charge in [0.15, 0.2) is 0 Å². The maximum Gasteiger partial charge on any atom is 0.131 e. The fourth-order valence-corrected chi connectivity index (χ4v) is 1.71. The molecule has 2 rings (SSSR count). The van der Waals surface area contributed by atoms with E-state index < -0.39 is 0 Å². The zero-order valence-electron chi connectivity index (χ0n) is 10.5. The van der Waals surface area contributed by atoms with E-state index >= 15 is 0 Å². The van der Waals surface area contributed by atoms with E-state index in [1.54, 1.807) is 31.2 Å². The summed E-state index contributed by atoms with van der Waals surface area (Å²) >= 11 is 0. The summed E-state index contributed by atoms with van der Waals surface area (Å²) in [5, 5.41) is 21.7. The lowest BCUT2D eigenvalue weighted by Crippen LogP contribution is -2.11. The molecule has 0 aliphatic rings. The number of aromatic hydroxyl groups is 1. The van der Waals surface area contributed by atoms with Crippen molar-refractivity contribution in [2.45, 2.75) is 6.92 Å². The molecular formula is C15H14N2O2. The summed E-state index contributed by atoms with van der Waals surface area (Å²) in [5.74, 6) is 0.190. The van der Waals surface area contributed by atoms with Crippen molar-refractivity contribution in [3.63, 3.8) is 0 Å². The minimum Gasteiger partial charge on any atom is -0.508 e. The summed E-state index contributed by atoms with van der Waals surface area (Å²) < 4.78 is 0. The second-order valence-corrected chi connectivity index (χ2v) is 4.03. The Kier molecular flexibility index (Phi) is 3.93. The lowest BCUT2D eigenvalue weighted by molar-refractivity contribution is 0.320. The molecule has 0 amide bonds. The van der Waals surface area contributed by atoms with Gasteiger partial charge in [-0.2, -0.15) is 0 Å². The summed E-state index contributed by atoms with van der Waals surface area (Å²) in [6.45, 7) is 1.77. The van der Waals surface area contributed by atoms with Gasteiger partial charge in [-0.25, -0.2) is 0 Å². The molecule has 0 aromatic heterocycles. The predicted molar refractivity (Wildman–Crippen MR) is 75.6 cm³/mol. The van der Waals surface area contributed by atoms with Gasteiger partial charge in [-0.05, 0) is 31.2 Å². The van der Waals surface area contributed by atoms with Crippen LogP contribution in [0.15, 0.2) is 64.7 Å². The molecule has 2 aromatic carbocycles. The minimum atomic E-state index is 0.190. The fourth-order valence-electron chi connectivity index (χ4n) is 1.71. The van der Waals surface area contributed by atoms with Gasteiger partial charge in [0.05, 0.1) is 11.4 Å². The Labute approximate surface area is 111 Å². The highest BCUT2D eigenvalue weighted by atomic mass is 16.4. The smallest absolute Gasteiger partial charge is 0.131 e. The van der Waals surface area contributed by atoms with Crippen molar-refractivity contribution in [3.8, 4) is 5.75 Å². The van der Waals surface area contributed by atoms with E-state index in [0.29, 0.717) is 17.1 Å². The maximum absolute atomic E-state index is 9.21. The first-order chi connectivity index (χ1) is 9.20. The number of hydrogen-bond acceptors (Lipinski definition) is 4. The van der Waals surface area contributed by atoms with Gasteiger partial charge >= 0.3 is 0 Å². The topological polar surface area (TPSA) is 65.2 Å². The summed E-state index contributed by atoms with van der Waals surface area (Å²) in [5.41, 5.74) is 2.51. The van der Waals surface area contributed by atoms with Crippen molar-refractivity contribution < 1.29 is 10.3 Å². The van der Waals surface area contributed by atoms with Crippen molar-refractivity contribution in [2.24, 2.45) is 10.1 Å². The van der Waals surface area contributed by atoms with Crippen molar-refractivity contribution in [2.75, 3.05) is 0 Å². The van der Waals surface area contributed by atoms with Crippen LogP contribution >= 0.6 is 0 Å². The van der Waals surface area contributed by atoms with Crippen molar-refractivity contribution in [1.29, 1.82) is 0 Å². The van der Waals surface area contributed by atoms with Crippen LogP contribution in [0.5, 0.6) is 5.75 Å². The Hall–Kier alpha value is -2.62. The second-order valence-electron chi connectivity index (χ2n) is 4.03. The van der Waals surface area contributed by atoms with Crippen molar-refractivity contribution in [3.05, 3.63) is 60.2 Å². The normalized spacial score (nSPS) is 12.5. The van der Waals surface area contributed by atoms with Gasteiger partial charge in [0, 0.05) is 5.56 Å². The van der Waals surface area contributed by atoms with Crippen LogP contribution in [-0.4, -0.2) is 21.7 Å². The zero-order valence-corrected chi connectivity index (χ0v) is 10.5. The molecule has 0 heterocycles.